The SMILES string of the molecule is Cc1ccc([N+](=O)[O-])cc1Oc1cc(C(=O)O)ccc1Br. The number of ether oxygens (including phenoxy) is 1. The molecule has 0 saturated carbocycles. The minimum Gasteiger partial charge on any atom is -0.478 e. The zero-order valence-corrected chi connectivity index (χ0v) is 12.5. The van der Waals surface area contributed by atoms with Gasteiger partial charge < -0.3 is 9.84 Å². The highest BCUT2D eigenvalue weighted by Crippen LogP contribution is 2.34. The molecule has 0 fully saturated rings. The minimum atomic E-state index is -1.08. The molecule has 0 radical (unpaired) electrons. The summed E-state index contributed by atoms with van der Waals surface area (Å²) in [6, 6.07) is 8.58. The summed E-state index contributed by atoms with van der Waals surface area (Å²) >= 11 is 3.26. The number of hydrogen-bond acceptors (Lipinski definition) is 4. The van der Waals surface area contributed by atoms with Gasteiger partial charge in [0.25, 0.3) is 5.69 Å². The van der Waals surface area contributed by atoms with Crippen LogP contribution in [0.15, 0.2) is 40.9 Å². The third-order valence-corrected chi connectivity index (χ3v) is 3.44. The lowest BCUT2D eigenvalue weighted by atomic mass is 10.2. The Balaban J connectivity index is 2.42. The molecule has 0 amide bonds. The second kappa shape index (κ2) is 5.92. The van der Waals surface area contributed by atoms with Crippen molar-refractivity contribution in [3.8, 4) is 11.5 Å². The van der Waals surface area contributed by atoms with E-state index in [-0.39, 0.29) is 17.0 Å². The quantitative estimate of drug-likeness (QED) is 0.659. The molecule has 0 heterocycles. The van der Waals surface area contributed by atoms with Crippen molar-refractivity contribution in [3.63, 3.8) is 0 Å². The van der Waals surface area contributed by atoms with Gasteiger partial charge in [-0.15, -0.1) is 0 Å². The van der Waals surface area contributed by atoms with E-state index < -0.39 is 10.9 Å². The Morgan fingerprint density at radius 3 is 2.57 bits per heavy atom. The van der Waals surface area contributed by atoms with Crippen LogP contribution < -0.4 is 4.74 Å². The smallest absolute Gasteiger partial charge is 0.335 e. The van der Waals surface area contributed by atoms with Gasteiger partial charge in [-0.2, -0.15) is 0 Å². The molecule has 108 valence electrons. The van der Waals surface area contributed by atoms with Crippen molar-refractivity contribution in [1.29, 1.82) is 0 Å². The number of benzene rings is 2. The van der Waals surface area contributed by atoms with Crippen molar-refractivity contribution in [2.45, 2.75) is 6.92 Å². The molecular weight excluding hydrogens is 342 g/mol. The molecular formula is C14H10BrNO5. The van der Waals surface area contributed by atoms with Crippen molar-refractivity contribution in [2.75, 3.05) is 0 Å². The van der Waals surface area contributed by atoms with E-state index in [1.54, 1.807) is 19.1 Å². The first-order chi connectivity index (χ1) is 9.88. The largest absolute Gasteiger partial charge is 0.478 e. The molecule has 7 heteroatoms. The van der Waals surface area contributed by atoms with Gasteiger partial charge in [-0.3, -0.25) is 10.1 Å². The fourth-order valence-corrected chi connectivity index (χ4v) is 1.97. The van der Waals surface area contributed by atoms with Crippen LogP contribution in [0.25, 0.3) is 0 Å². The van der Waals surface area contributed by atoms with Crippen LogP contribution in [0.3, 0.4) is 0 Å². The minimum absolute atomic E-state index is 0.0660. The molecule has 0 bridgehead atoms. The van der Waals surface area contributed by atoms with Crippen LogP contribution in [0.2, 0.25) is 0 Å². The highest BCUT2D eigenvalue weighted by Gasteiger charge is 2.13. The number of carboxylic acids is 1. The Kier molecular flexibility index (Phi) is 4.23. The number of hydrogen-bond donors (Lipinski definition) is 1. The molecule has 0 aliphatic rings. The summed E-state index contributed by atoms with van der Waals surface area (Å²) in [7, 11) is 0. The summed E-state index contributed by atoms with van der Waals surface area (Å²) in [4.78, 5) is 21.2. The molecule has 0 atom stereocenters. The first-order valence-electron chi connectivity index (χ1n) is 5.84. The van der Waals surface area contributed by atoms with Crippen LogP contribution in [0.5, 0.6) is 11.5 Å². The van der Waals surface area contributed by atoms with Gasteiger partial charge >= 0.3 is 5.97 Å². The number of nitro benzene ring substituents is 1. The van der Waals surface area contributed by atoms with Gasteiger partial charge in [0.05, 0.1) is 21.0 Å². The van der Waals surface area contributed by atoms with E-state index in [0.717, 1.165) is 0 Å². The van der Waals surface area contributed by atoms with Crippen molar-refractivity contribution < 1.29 is 19.6 Å². The van der Waals surface area contributed by atoms with E-state index in [4.69, 9.17) is 9.84 Å². The Morgan fingerprint density at radius 2 is 1.95 bits per heavy atom. The summed E-state index contributed by atoms with van der Waals surface area (Å²) in [6.07, 6.45) is 0. The highest BCUT2D eigenvalue weighted by atomic mass is 79.9. The number of carbonyl (C=O) groups is 1. The van der Waals surface area contributed by atoms with Crippen LogP contribution in [-0.2, 0) is 0 Å². The van der Waals surface area contributed by atoms with Gasteiger partial charge in [0.15, 0.2) is 0 Å². The maximum absolute atomic E-state index is 11.0. The summed E-state index contributed by atoms with van der Waals surface area (Å²) in [5.41, 5.74) is 0.672. The predicted octanol–water partition coefficient (Wildman–Crippen LogP) is 4.16. The van der Waals surface area contributed by atoms with Crippen LogP contribution in [0.1, 0.15) is 15.9 Å². The van der Waals surface area contributed by atoms with Crippen molar-refractivity contribution in [1.82, 2.24) is 0 Å². The number of rotatable bonds is 4. The Morgan fingerprint density at radius 1 is 1.24 bits per heavy atom. The molecule has 1 N–H and O–H groups in total. The lowest BCUT2D eigenvalue weighted by Crippen LogP contribution is -1.98. The number of aryl methyl sites for hydroxylation is 1. The van der Waals surface area contributed by atoms with Crippen molar-refractivity contribution >= 4 is 27.6 Å². The van der Waals surface area contributed by atoms with Gasteiger partial charge in [-0.05, 0) is 52.7 Å². The van der Waals surface area contributed by atoms with Crippen molar-refractivity contribution in [2.24, 2.45) is 0 Å². The van der Waals surface area contributed by atoms with E-state index in [0.29, 0.717) is 15.8 Å². The molecule has 21 heavy (non-hydrogen) atoms. The van der Waals surface area contributed by atoms with Gasteiger partial charge in [0, 0.05) is 6.07 Å². The number of aromatic carboxylic acids is 1. The van der Waals surface area contributed by atoms with Gasteiger partial charge in [0.1, 0.15) is 11.5 Å². The average molecular weight is 352 g/mol. The number of carboxylic acid groups (broad SMARTS) is 1. The number of halogens is 1. The molecule has 0 aliphatic carbocycles. The fourth-order valence-electron chi connectivity index (χ4n) is 1.65. The fraction of sp³-hybridized carbons (Fsp3) is 0.0714. The molecule has 2 aromatic rings. The maximum atomic E-state index is 11.0. The van der Waals surface area contributed by atoms with Crippen LogP contribution in [0, 0.1) is 17.0 Å². The van der Waals surface area contributed by atoms with E-state index in [2.05, 4.69) is 15.9 Å². The molecule has 2 aromatic carbocycles. The summed E-state index contributed by atoms with van der Waals surface area (Å²) in [6.45, 7) is 1.74. The van der Waals surface area contributed by atoms with Gasteiger partial charge in [-0.1, -0.05) is 0 Å². The molecule has 0 aliphatic heterocycles. The molecule has 0 unspecified atom stereocenters. The zero-order chi connectivity index (χ0) is 15.6. The third-order valence-electron chi connectivity index (χ3n) is 2.78. The van der Waals surface area contributed by atoms with E-state index >= 15 is 0 Å². The van der Waals surface area contributed by atoms with Gasteiger partial charge in [-0.25, -0.2) is 4.79 Å². The molecule has 0 saturated heterocycles. The Bertz CT molecular complexity index is 668. The van der Waals surface area contributed by atoms with Crippen LogP contribution in [-0.4, -0.2) is 16.0 Å². The summed E-state index contributed by atoms with van der Waals surface area (Å²) in [5, 5.41) is 19.8. The van der Waals surface area contributed by atoms with Crippen LogP contribution >= 0.6 is 15.9 Å². The van der Waals surface area contributed by atoms with E-state index in [1.807, 2.05) is 0 Å². The zero-order valence-electron chi connectivity index (χ0n) is 10.9. The third kappa shape index (κ3) is 3.38. The molecule has 2 rings (SSSR count). The standard InChI is InChI=1S/C14H10BrNO5/c1-8-2-4-10(16(19)20)7-12(8)21-13-6-9(14(17)18)3-5-11(13)15/h2-7H,1H3,(H,17,18). The van der Waals surface area contributed by atoms with Crippen molar-refractivity contribution in [3.05, 3.63) is 62.1 Å². The summed E-state index contributed by atoms with van der Waals surface area (Å²) in [5.74, 6) is -0.506. The second-order valence-corrected chi connectivity index (χ2v) is 5.11. The number of nitro groups is 1. The number of nitrogens with zero attached hydrogens (tertiary/aromatic N) is 1. The van der Waals surface area contributed by atoms with E-state index in [1.165, 1.54) is 24.3 Å². The van der Waals surface area contributed by atoms with E-state index in [9.17, 15) is 14.9 Å². The molecule has 6 nitrogen and oxygen atoms in total. The average Bonchev–Trinajstić information content (AvgIpc) is 2.43. The molecule has 0 spiro atoms. The second-order valence-electron chi connectivity index (χ2n) is 4.26. The Labute approximate surface area is 128 Å². The predicted molar refractivity (Wildman–Crippen MR) is 79.0 cm³/mol. The lowest BCUT2D eigenvalue weighted by molar-refractivity contribution is -0.384. The topological polar surface area (TPSA) is 89.7 Å². The highest BCUT2D eigenvalue weighted by molar-refractivity contribution is 9.10. The monoisotopic (exact) mass is 351 g/mol. The Hall–Kier alpha value is -2.41. The summed E-state index contributed by atoms with van der Waals surface area (Å²) < 4.78 is 6.16. The maximum Gasteiger partial charge on any atom is 0.335 e. The van der Waals surface area contributed by atoms with Crippen LogP contribution in [0.4, 0.5) is 5.69 Å². The van der Waals surface area contributed by atoms with Gasteiger partial charge in [0.2, 0.25) is 0 Å². The molecule has 0 aromatic heterocycles. The lowest BCUT2D eigenvalue weighted by Gasteiger charge is -2.10. The normalized spacial score (nSPS) is 10.2. The number of non-ortho nitro benzene ring substituents is 1. The first-order valence-corrected chi connectivity index (χ1v) is 6.63. The first kappa shape index (κ1) is 15.0.